The van der Waals surface area contributed by atoms with Crippen LogP contribution in [0.3, 0.4) is 0 Å². The fraction of sp³-hybridized carbons (Fsp3) is 0.174. The predicted octanol–water partition coefficient (Wildman–Crippen LogP) is 5.74. The molecule has 31 heavy (non-hydrogen) atoms. The number of fused-ring (bicyclic) bond motifs is 1. The van der Waals surface area contributed by atoms with Crippen molar-refractivity contribution in [1.82, 2.24) is 10.2 Å². The number of hydrogen-bond acceptors (Lipinski definition) is 8. The Morgan fingerprint density at radius 3 is 2.61 bits per heavy atom. The number of aromatic nitrogens is 2. The van der Waals surface area contributed by atoms with Gasteiger partial charge >= 0.3 is 0 Å². The minimum atomic E-state index is 0.0489. The van der Waals surface area contributed by atoms with Crippen LogP contribution in [0.15, 0.2) is 58.9 Å². The van der Waals surface area contributed by atoms with E-state index in [-0.39, 0.29) is 5.78 Å². The third kappa shape index (κ3) is 4.98. The fourth-order valence-corrected chi connectivity index (χ4v) is 4.75. The molecule has 4 rings (SSSR count). The number of ketones is 1. The molecule has 0 aliphatic rings. The Morgan fingerprint density at radius 2 is 1.81 bits per heavy atom. The van der Waals surface area contributed by atoms with E-state index in [1.165, 1.54) is 23.1 Å². The molecular weight excluding hydrogens is 430 g/mol. The molecule has 1 heterocycles. The first-order chi connectivity index (χ1) is 15.1. The number of anilines is 2. The van der Waals surface area contributed by atoms with Crippen molar-refractivity contribution in [1.29, 1.82) is 0 Å². The number of ether oxygens (including phenoxy) is 2. The third-order valence-electron chi connectivity index (χ3n) is 4.70. The van der Waals surface area contributed by atoms with Gasteiger partial charge in [-0.15, -0.1) is 10.2 Å². The molecule has 0 radical (unpaired) electrons. The number of hydrogen-bond donors (Lipinski definition) is 1. The van der Waals surface area contributed by atoms with Crippen molar-refractivity contribution in [2.24, 2.45) is 0 Å². The summed E-state index contributed by atoms with van der Waals surface area (Å²) in [6.07, 6.45) is 0. The Morgan fingerprint density at radius 1 is 1.00 bits per heavy atom. The Hall–Kier alpha value is -3.10. The molecule has 8 heteroatoms. The van der Waals surface area contributed by atoms with E-state index in [0.29, 0.717) is 16.4 Å². The van der Waals surface area contributed by atoms with Crippen LogP contribution >= 0.6 is 23.1 Å². The normalized spacial score (nSPS) is 10.8. The Balaban J connectivity index is 1.41. The molecule has 0 fully saturated rings. The summed E-state index contributed by atoms with van der Waals surface area (Å²) in [5.74, 6) is 1.88. The summed E-state index contributed by atoms with van der Waals surface area (Å²) >= 11 is 2.79. The van der Waals surface area contributed by atoms with Crippen LogP contribution < -0.4 is 14.8 Å². The Kier molecular flexibility index (Phi) is 6.39. The minimum absolute atomic E-state index is 0.0489. The monoisotopic (exact) mass is 451 g/mol. The van der Waals surface area contributed by atoms with Crippen LogP contribution in [0.1, 0.15) is 15.9 Å². The summed E-state index contributed by atoms with van der Waals surface area (Å²) in [5, 5.41) is 14.3. The highest BCUT2D eigenvalue weighted by atomic mass is 32.2. The van der Waals surface area contributed by atoms with E-state index in [4.69, 9.17) is 9.47 Å². The van der Waals surface area contributed by atoms with Gasteiger partial charge in [0.1, 0.15) is 11.5 Å². The molecule has 158 valence electrons. The van der Waals surface area contributed by atoms with Crippen molar-refractivity contribution < 1.29 is 14.3 Å². The van der Waals surface area contributed by atoms with Gasteiger partial charge in [0.25, 0.3) is 0 Å². The van der Waals surface area contributed by atoms with Gasteiger partial charge in [0.05, 0.1) is 25.7 Å². The standard InChI is InChI=1S/C23H21N3O3S2/c1-14-4-9-21(29-3)19(10-14)24-22-25-26-23(31-22)30-13-20(27)17-6-5-16-12-18(28-2)8-7-15(16)11-17/h4-12H,13H2,1-3H3,(H,24,25). The molecule has 0 saturated carbocycles. The highest BCUT2D eigenvalue weighted by Crippen LogP contribution is 2.32. The van der Waals surface area contributed by atoms with E-state index in [1.807, 2.05) is 61.5 Å². The number of nitrogens with zero attached hydrogens (tertiary/aromatic N) is 2. The number of rotatable bonds is 8. The number of carbonyl (C=O) groups is 1. The molecule has 0 amide bonds. The highest BCUT2D eigenvalue weighted by Gasteiger charge is 2.12. The van der Waals surface area contributed by atoms with E-state index in [2.05, 4.69) is 15.5 Å². The van der Waals surface area contributed by atoms with Gasteiger partial charge in [0.2, 0.25) is 5.13 Å². The molecule has 0 aliphatic carbocycles. The Bertz CT molecular complexity index is 1240. The van der Waals surface area contributed by atoms with Crippen molar-refractivity contribution in [3.05, 3.63) is 65.7 Å². The van der Waals surface area contributed by atoms with Crippen molar-refractivity contribution >= 4 is 50.5 Å². The van der Waals surface area contributed by atoms with Crippen LogP contribution in [0.25, 0.3) is 10.8 Å². The van der Waals surface area contributed by atoms with Gasteiger partial charge in [-0.3, -0.25) is 4.79 Å². The summed E-state index contributed by atoms with van der Waals surface area (Å²) in [6.45, 7) is 2.01. The maximum atomic E-state index is 12.7. The van der Waals surface area contributed by atoms with Gasteiger partial charge in [-0.2, -0.15) is 0 Å². The van der Waals surface area contributed by atoms with Crippen LogP contribution in [0.2, 0.25) is 0 Å². The maximum Gasteiger partial charge on any atom is 0.210 e. The first-order valence-electron chi connectivity index (χ1n) is 9.54. The second-order valence-electron chi connectivity index (χ2n) is 6.84. The SMILES string of the molecule is COc1ccc2cc(C(=O)CSc3nnc(Nc4cc(C)ccc4OC)s3)ccc2c1. The second-order valence-corrected chi connectivity index (χ2v) is 9.04. The minimum Gasteiger partial charge on any atom is -0.497 e. The van der Waals surface area contributed by atoms with Gasteiger partial charge in [-0.25, -0.2) is 0 Å². The zero-order chi connectivity index (χ0) is 21.8. The molecule has 0 spiro atoms. The molecule has 0 saturated heterocycles. The smallest absolute Gasteiger partial charge is 0.210 e. The molecular formula is C23H21N3O3S2. The van der Waals surface area contributed by atoms with Gasteiger partial charge < -0.3 is 14.8 Å². The Labute approximate surface area is 188 Å². The molecule has 1 aromatic heterocycles. The lowest BCUT2D eigenvalue weighted by Crippen LogP contribution is -2.02. The third-order valence-corrected chi connectivity index (χ3v) is 6.67. The molecule has 0 aliphatic heterocycles. The van der Waals surface area contributed by atoms with Crippen molar-refractivity contribution in [3.63, 3.8) is 0 Å². The zero-order valence-corrected chi connectivity index (χ0v) is 19.0. The van der Waals surface area contributed by atoms with Crippen molar-refractivity contribution in [3.8, 4) is 11.5 Å². The van der Waals surface area contributed by atoms with E-state index in [9.17, 15) is 4.79 Å². The average Bonchev–Trinajstić information content (AvgIpc) is 3.24. The molecule has 3 aromatic carbocycles. The number of benzene rings is 3. The maximum absolute atomic E-state index is 12.7. The van der Waals surface area contributed by atoms with Crippen LogP contribution in [0.4, 0.5) is 10.8 Å². The number of nitrogens with one attached hydrogen (secondary N) is 1. The van der Waals surface area contributed by atoms with E-state index in [0.717, 1.165) is 37.9 Å². The number of Topliss-reactive ketones (excluding diaryl/α,β-unsaturated/α-hetero) is 1. The lowest BCUT2D eigenvalue weighted by molar-refractivity contribution is 0.102. The van der Waals surface area contributed by atoms with Gasteiger partial charge in [0, 0.05) is 5.56 Å². The topological polar surface area (TPSA) is 73.3 Å². The van der Waals surface area contributed by atoms with Crippen molar-refractivity contribution in [2.45, 2.75) is 11.3 Å². The van der Waals surface area contributed by atoms with E-state index >= 15 is 0 Å². The molecule has 4 aromatic rings. The van der Waals surface area contributed by atoms with Crippen molar-refractivity contribution in [2.75, 3.05) is 25.3 Å². The van der Waals surface area contributed by atoms with Crippen LogP contribution in [0, 0.1) is 6.92 Å². The lowest BCUT2D eigenvalue weighted by atomic mass is 10.0. The predicted molar refractivity (Wildman–Crippen MR) is 126 cm³/mol. The molecule has 1 N–H and O–H groups in total. The second kappa shape index (κ2) is 9.36. The first kappa shape index (κ1) is 21.1. The number of aryl methyl sites for hydroxylation is 1. The summed E-state index contributed by atoms with van der Waals surface area (Å²) in [4.78, 5) is 12.7. The van der Waals surface area contributed by atoms with Crippen LogP contribution in [0.5, 0.6) is 11.5 Å². The molecule has 0 unspecified atom stereocenters. The summed E-state index contributed by atoms with van der Waals surface area (Å²) in [6, 6.07) is 17.4. The number of carbonyl (C=O) groups excluding carboxylic acids is 1. The first-order valence-corrected chi connectivity index (χ1v) is 11.3. The largest absolute Gasteiger partial charge is 0.497 e. The van der Waals surface area contributed by atoms with Gasteiger partial charge in [-0.05, 0) is 53.6 Å². The number of thioether (sulfide) groups is 1. The lowest BCUT2D eigenvalue weighted by Gasteiger charge is -2.09. The van der Waals surface area contributed by atoms with Crippen LogP contribution in [-0.4, -0.2) is 36.0 Å². The van der Waals surface area contributed by atoms with E-state index < -0.39 is 0 Å². The molecule has 0 bridgehead atoms. The van der Waals surface area contributed by atoms with Crippen LogP contribution in [-0.2, 0) is 0 Å². The fourth-order valence-electron chi connectivity index (χ4n) is 3.09. The summed E-state index contributed by atoms with van der Waals surface area (Å²) < 4.78 is 11.4. The summed E-state index contributed by atoms with van der Waals surface area (Å²) in [5.41, 5.74) is 2.62. The molecule has 6 nitrogen and oxygen atoms in total. The average molecular weight is 452 g/mol. The number of methoxy groups -OCH3 is 2. The molecule has 0 atom stereocenters. The van der Waals surface area contributed by atoms with Gasteiger partial charge in [0.15, 0.2) is 10.1 Å². The van der Waals surface area contributed by atoms with E-state index in [1.54, 1.807) is 14.2 Å². The highest BCUT2D eigenvalue weighted by molar-refractivity contribution is 8.01. The summed E-state index contributed by atoms with van der Waals surface area (Å²) in [7, 11) is 3.27. The quantitative estimate of drug-likeness (QED) is 0.271. The zero-order valence-electron chi connectivity index (χ0n) is 17.3. The van der Waals surface area contributed by atoms with Gasteiger partial charge in [-0.1, -0.05) is 47.4 Å².